The molecule has 0 radical (unpaired) electrons. The molecule has 4 rings (SSSR count). The largest absolute Gasteiger partial charge is 0.354 e. The van der Waals surface area contributed by atoms with Crippen molar-refractivity contribution in [3.05, 3.63) is 71.0 Å². The lowest BCUT2D eigenvalue weighted by atomic mass is 9.91. The smallest absolute Gasteiger partial charge is 0.276 e. The summed E-state index contributed by atoms with van der Waals surface area (Å²) in [6, 6.07) is 15.3. The number of carbonyl (C=O) groups excluding carboxylic acids is 1. The molecule has 1 amide bonds. The van der Waals surface area contributed by atoms with E-state index in [1.165, 1.54) is 11.8 Å². The number of halogens is 1. The molecule has 0 aliphatic carbocycles. The fourth-order valence-corrected chi connectivity index (χ4v) is 2.87. The summed E-state index contributed by atoms with van der Waals surface area (Å²) < 4.78 is 5.24. The average molecular weight is 340 g/mol. The highest BCUT2D eigenvalue weighted by atomic mass is 35.5. The summed E-state index contributed by atoms with van der Waals surface area (Å²) in [5.74, 6) is 0.723. The lowest BCUT2D eigenvalue weighted by molar-refractivity contribution is 0.0591. The maximum Gasteiger partial charge on any atom is 0.276 e. The monoisotopic (exact) mass is 339 g/mol. The zero-order valence-electron chi connectivity index (χ0n) is 12.7. The maximum absolute atomic E-state index is 12.5. The lowest BCUT2D eigenvalue weighted by Gasteiger charge is -2.39. The van der Waals surface area contributed by atoms with Crippen LogP contribution in [0.3, 0.4) is 0 Å². The van der Waals surface area contributed by atoms with E-state index in [1.807, 2.05) is 18.2 Å². The van der Waals surface area contributed by atoms with E-state index < -0.39 is 0 Å². The van der Waals surface area contributed by atoms with Crippen molar-refractivity contribution >= 4 is 17.5 Å². The first-order chi connectivity index (χ1) is 11.7. The number of benzene rings is 1. The second-order valence-corrected chi connectivity index (χ2v) is 6.19. The number of hydrogen-bond donors (Lipinski definition) is 0. The molecule has 0 unspecified atom stereocenters. The summed E-state index contributed by atoms with van der Waals surface area (Å²) in [6.45, 7) is 1.40. The zero-order valence-corrected chi connectivity index (χ0v) is 13.5. The van der Waals surface area contributed by atoms with Gasteiger partial charge in [0.25, 0.3) is 5.91 Å². The van der Waals surface area contributed by atoms with Crippen molar-refractivity contribution in [3.8, 4) is 11.5 Å². The summed E-state index contributed by atoms with van der Waals surface area (Å²) in [4.78, 5) is 18.4. The molecule has 6 heteroatoms. The van der Waals surface area contributed by atoms with Crippen LogP contribution in [0, 0.1) is 0 Å². The predicted octanol–water partition coefficient (Wildman–Crippen LogP) is 3.63. The third-order valence-electron chi connectivity index (χ3n) is 4.15. The number of hydrogen-bond acceptors (Lipinski definition) is 4. The topological polar surface area (TPSA) is 59.2 Å². The molecular weight excluding hydrogens is 326 g/mol. The standard InChI is InChI=1S/C18H14ClN3O2/c19-14-6-7-15(20-9-14)17-8-16(21-24-17)18(23)22-10-13(11-22)12-4-2-1-3-5-12/h1-9,13H,10-11H2. The van der Waals surface area contributed by atoms with Gasteiger partial charge < -0.3 is 9.42 Å². The van der Waals surface area contributed by atoms with E-state index in [-0.39, 0.29) is 5.91 Å². The molecule has 120 valence electrons. The van der Waals surface area contributed by atoms with Crippen LogP contribution < -0.4 is 0 Å². The zero-order chi connectivity index (χ0) is 16.5. The van der Waals surface area contributed by atoms with Crippen molar-refractivity contribution in [1.29, 1.82) is 0 Å². The fourth-order valence-electron chi connectivity index (χ4n) is 2.76. The van der Waals surface area contributed by atoms with Crippen molar-refractivity contribution in [3.63, 3.8) is 0 Å². The van der Waals surface area contributed by atoms with E-state index in [9.17, 15) is 4.79 Å². The minimum absolute atomic E-state index is 0.119. The van der Waals surface area contributed by atoms with Gasteiger partial charge in [-0.05, 0) is 17.7 Å². The molecule has 0 saturated carbocycles. The molecule has 0 spiro atoms. The highest BCUT2D eigenvalue weighted by Gasteiger charge is 2.33. The average Bonchev–Trinajstić information content (AvgIpc) is 3.05. The van der Waals surface area contributed by atoms with Crippen molar-refractivity contribution in [1.82, 2.24) is 15.0 Å². The van der Waals surface area contributed by atoms with Crippen LogP contribution >= 0.6 is 11.6 Å². The summed E-state index contributed by atoms with van der Waals surface area (Å²) >= 11 is 5.82. The molecule has 3 aromatic rings. The molecule has 0 N–H and O–H groups in total. The molecule has 1 fully saturated rings. The molecule has 24 heavy (non-hydrogen) atoms. The van der Waals surface area contributed by atoms with Gasteiger partial charge in [-0.2, -0.15) is 0 Å². The summed E-state index contributed by atoms with van der Waals surface area (Å²) in [5.41, 5.74) is 2.15. The highest BCUT2D eigenvalue weighted by Crippen LogP contribution is 2.28. The Bertz CT molecular complexity index is 855. The Morgan fingerprint density at radius 2 is 1.96 bits per heavy atom. The number of carbonyl (C=O) groups is 1. The van der Waals surface area contributed by atoms with Crippen LogP contribution in [-0.2, 0) is 0 Å². The van der Waals surface area contributed by atoms with E-state index in [4.69, 9.17) is 16.1 Å². The number of pyridine rings is 1. The minimum Gasteiger partial charge on any atom is -0.354 e. The molecule has 0 bridgehead atoms. The predicted molar refractivity (Wildman–Crippen MR) is 89.8 cm³/mol. The number of aromatic nitrogens is 2. The first-order valence-electron chi connectivity index (χ1n) is 7.63. The summed E-state index contributed by atoms with van der Waals surface area (Å²) in [7, 11) is 0. The van der Waals surface area contributed by atoms with Gasteiger partial charge in [-0.3, -0.25) is 9.78 Å². The molecule has 1 aliphatic rings. The Balaban J connectivity index is 1.44. The number of rotatable bonds is 3. The first kappa shape index (κ1) is 14.9. The van der Waals surface area contributed by atoms with Gasteiger partial charge in [0, 0.05) is 31.3 Å². The molecule has 5 nitrogen and oxygen atoms in total. The Morgan fingerprint density at radius 1 is 1.17 bits per heavy atom. The van der Waals surface area contributed by atoms with Crippen molar-refractivity contribution in [2.24, 2.45) is 0 Å². The van der Waals surface area contributed by atoms with Gasteiger partial charge in [0.1, 0.15) is 5.69 Å². The second kappa shape index (κ2) is 6.09. The minimum atomic E-state index is -0.119. The van der Waals surface area contributed by atoms with Crippen LogP contribution in [0.25, 0.3) is 11.5 Å². The summed E-state index contributed by atoms with van der Waals surface area (Å²) in [6.07, 6.45) is 1.53. The number of likely N-dealkylation sites (tertiary alicyclic amines) is 1. The number of nitrogens with zero attached hydrogens (tertiary/aromatic N) is 3. The Kier molecular flexibility index (Phi) is 3.78. The third kappa shape index (κ3) is 2.78. The normalized spacial score (nSPS) is 14.5. The van der Waals surface area contributed by atoms with Crippen LogP contribution in [0.1, 0.15) is 22.0 Å². The van der Waals surface area contributed by atoms with Gasteiger partial charge in [-0.25, -0.2) is 0 Å². The van der Waals surface area contributed by atoms with Crippen LogP contribution in [0.15, 0.2) is 59.3 Å². The fraction of sp³-hybridized carbons (Fsp3) is 0.167. The molecular formula is C18H14ClN3O2. The SMILES string of the molecule is O=C(c1cc(-c2ccc(Cl)cn2)on1)N1CC(c2ccccc2)C1. The highest BCUT2D eigenvalue weighted by molar-refractivity contribution is 6.30. The Labute approximate surface area is 143 Å². The van der Waals surface area contributed by atoms with E-state index >= 15 is 0 Å². The molecule has 3 heterocycles. The van der Waals surface area contributed by atoms with Crippen LogP contribution in [0.2, 0.25) is 5.02 Å². The summed E-state index contributed by atoms with van der Waals surface area (Å²) in [5, 5.41) is 4.42. The van der Waals surface area contributed by atoms with E-state index in [0.29, 0.717) is 41.2 Å². The quantitative estimate of drug-likeness (QED) is 0.731. The molecule has 1 saturated heterocycles. The van der Waals surface area contributed by atoms with E-state index in [0.717, 1.165) is 0 Å². The van der Waals surface area contributed by atoms with Gasteiger partial charge in [0.05, 0.1) is 5.02 Å². The Hall–Kier alpha value is -2.66. The van der Waals surface area contributed by atoms with E-state index in [2.05, 4.69) is 22.3 Å². The third-order valence-corrected chi connectivity index (χ3v) is 4.37. The molecule has 0 atom stereocenters. The molecule has 2 aromatic heterocycles. The number of amides is 1. The van der Waals surface area contributed by atoms with Crippen molar-refractivity contribution < 1.29 is 9.32 Å². The maximum atomic E-state index is 12.5. The van der Waals surface area contributed by atoms with E-state index in [1.54, 1.807) is 23.1 Å². The van der Waals surface area contributed by atoms with Crippen LogP contribution in [0.5, 0.6) is 0 Å². The van der Waals surface area contributed by atoms with Gasteiger partial charge >= 0.3 is 0 Å². The van der Waals surface area contributed by atoms with Crippen LogP contribution in [0.4, 0.5) is 0 Å². The van der Waals surface area contributed by atoms with Crippen molar-refractivity contribution in [2.45, 2.75) is 5.92 Å². The van der Waals surface area contributed by atoms with Gasteiger partial charge in [0.15, 0.2) is 11.5 Å². The second-order valence-electron chi connectivity index (χ2n) is 5.76. The Morgan fingerprint density at radius 3 is 2.67 bits per heavy atom. The van der Waals surface area contributed by atoms with Gasteiger partial charge in [-0.15, -0.1) is 0 Å². The molecule has 1 aliphatic heterocycles. The van der Waals surface area contributed by atoms with Gasteiger partial charge in [0.2, 0.25) is 0 Å². The first-order valence-corrected chi connectivity index (χ1v) is 8.01. The lowest BCUT2D eigenvalue weighted by Crippen LogP contribution is -2.48. The van der Waals surface area contributed by atoms with Crippen molar-refractivity contribution in [2.75, 3.05) is 13.1 Å². The molecule has 1 aromatic carbocycles. The van der Waals surface area contributed by atoms with Gasteiger partial charge in [-0.1, -0.05) is 47.1 Å². The van der Waals surface area contributed by atoms with Crippen LogP contribution in [-0.4, -0.2) is 34.0 Å².